The highest BCUT2D eigenvalue weighted by atomic mass is 79.9. The van der Waals surface area contributed by atoms with Gasteiger partial charge in [0.15, 0.2) is 0 Å². The van der Waals surface area contributed by atoms with Crippen LogP contribution in [-0.2, 0) is 0 Å². The molecule has 0 fully saturated rings. The van der Waals surface area contributed by atoms with Crippen molar-refractivity contribution in [3.05, 3.63) is 27.9 Å². The van der Waals surface area contributed by atoms with E-state index in [4.69, 9.17) is 0 Å². The Morgan fingerprint density at radius 1 is 1.53 bits per heavy atom. The van der Waals surface area contributed by atoms with Gasteiger partial charge in [-0.2, -0.15) is 10.2 Å². The molecule has 3 aromatic rings. The van der Waals surface area contributed by atoms with E-state index in [1.54, 1.807) is 18.5 Å². The molecule has 3 N–H and O–H groups in total. The van der Waals surface area contributed by atoms with Crippen LogP contribution in [0.5, 0.6) is 0 Å². The molecule has 8 heteroatoms. The molecule has 3 heterocycles. The van der Waals surface area contributed by atoms with Gasteiger partial charge < -0.3 is 5.32 Å². The molecule has 0 aliphatic heterocycles. The van der Waals surface area contributed by atoms with E-state index >= 15 is 0 Å². The number of carbonyl (C=O) groups excluding carboxylic acids is 1. The number of rotatable bonds is 2. The highest BCUT2D eigenvalue weighted by molar-refractivity contribution is 9.10. The average Bonchev–Trinajstić information content (AvgIpc) is 2.97. The highest BCUT2D eigenvalue weighted by Gasteiger charge is 2.14. The number of halogens is 1. The number of thiophene rings is 1. The second kappa shape index (κ2) is 3.97. The number of nitrogens with zero attached hydrogens (tertiary/aromatic N) is 2. The van der Waals surface area contributed by atoms with E-state index in [2.05, 4.69) is 41.6 Å². The minimum Gasteiger partial charge on any atom is -0.319 e. The predicted molar refractivity (Wildman–Crippen MR) is 68.2 cm³/mol. The Morgan fingerprint density at radius 2 is 2.41 bits per heavy atom. The maximum Gasteiger partial charge on any atom is 0.265 e. The number of carbonyl (C=O) groups is 1. The molecule has 3 rings (SSSR count). The molecule has 3 aromatic heterocycles. The lowest BCUT2D eigenvalue weighted by Gasteiger charge is -1.97. The monoisotopic (exact) mass is 311 g/mol. The van der Waals surface area contributed by atoms with Crippen LogP contribution in [-0.4, -0.2) is 26.3 Å². The van der Waals surface area contributed by atoms with Gasteiger partial charge in [-0.3, -0.25) is 15.0 Å². The van der Waals surface area contributed by atoms with Gasteiger partial charge >= 0.3 is 0 Å². The molecule has 6 nitrogen and oxygen atoms in total. The fraction of sp³-hybridized carbons (Fsp3) is 0. The van der Waals surface area contributed by atoms with Crippen molar-refractivity contribution in [2.24, 2.45) is 0 Å². The van der Waals surface area contributed by atoms with Crippen molar-refractivity contribution in [2.75, 3.05) is 5.32 Å². The number of nitrogens with one attached hydrogen (secondary N) is 3. The molecule has 86 valence electrons. The van der Waals surface area contributed by atoms with E-state index < -0.39 is 0 Å². The second-order valence-electron chi connectivity index (χ2n) is 3.31. The van der Waals surface area contributed by atoms with Crippen LogP contribution < -0.4 is 5.32 Å². The molecule has 0 unspecified atom stereocenters. The Hall–Kier alpha value is -1.67. The Bertz CT molecular complexity index is 671. The SMILES string of the molecule is O=C(Nc1cn[nH]c1)c1cc2c(Br)[nH]nc2s1. The number of fused-ring (bicyclic) bond motifs is 1. The maximum atomic E-state index is 11.9. The molecule has 17 heavy (non-hydrogen) atoms. The summed E-state index contributed by atoms with van der Waals surface area (Å²) < 4.78 is 0.783. The Labute approximate surface area is 108 Å². The van der Waals surface area contributed by atoms with Crippen LogP contribution in [0.4, 0.5) is 5.69 Å². The number of hydrogen-bond acceptors (Lipinski definition) is 4. The van der Waals surface area contributed by atoms with Crippen molar-refractivity contribution in [3.63, 3.8) is 0 Å². The van der Waals surface area contributed by atoms with Gasteiger partial charge in [-0.05, 0) is 22.0 Å². The summed E-state index contributed by atoms with van der Waals surface area (Å²) in [6.07, 6.45) is 3.17. The van der Waals surface area contributed by atoms with Crippen molar-refractivity contribution < 1.29 is 4.79 Å². The third kappa shape index (κ3) is 1.85. The van der Waals surface area contributed by atoms with E-state index in [0.29, 0.717) is 10.6 Å². The average molecular weight is 312 g/mol. The van der Waals surface area contributed by atoms with Gasteiger partial charge in [0.25, 0.3) is 5.91 Å². The first-order chi connectivity index (χ1) is 8.24. The molecule has 0 saturated heterocycles. The largest absolute Gasteiger partial charge is 0.319 e. The van der Waals surface area contributed by atoms with Gasteiger partial charge in [0, 0.05) is 11.6 Å². The van der Waals surface area contributed by atoms with Crippen molar-refractivity contribution in [3.8, 4) is 0 Å². The van der Waals surface area contributed by atoms with Crippen LogP contribution in [0.25, 0.3) is 10.2 Å². The zero-order valence-electron chi connectivity index (χ0n) is 8.32. The number of aromatic nitrogens is 4. The molecule has 0 aromatic carbocycles. The Morgan fingerprint density at radius 3 is 3.12 bits per heavy atom. The first-order valence-corrected chi connectivity index (χ1v) is 6.28. The predicted octanol–water partition coefficient (Wildman–Crippen LogP) is 2.36. The number of hydrogen-bond donors (Lipinski definition) is 3. The van der Waals surface area contributed by atoms with Crippen LogP contribution in [0.3, 0.4) is 0 Å². The summed E-state index contributed by atoms with van der Waals surface area (Å²) in [7, 11) is 0. The summed E-state index contributed by atoms with van der Waals surface area (Å²) >= 11 is 4.66. The minimum atomic E-state index is -0.165. The van der Waals surface area contributed by atoms with E-state index in [9.17, 15) is 4.79 Å². The molecule has 0 bridgehead atoms. The molecular formula is C9H6BrN5OS. The fourth-order valence-corrected chi connectivity index (χ4v) is 2.82. The summed E-state index contributed by atoms with van der Waals surface area (Å²) in [5.41, 5.74) is 0.640. The van der Waals surface area contributed by atoms with Gasteiger partial charge in [-0.15, -0.1) is 11.3 Å². The molecule has 0 atom stereocenters. The quantitative estimate of drug-likeness (QED) is 0.679. The Balaban J connectivity index is 1.90. The van der Waals surface area contributed by atoms with Crippen LogP contribution in [0, 0.1) is 0 Å². The van der Waals surface area contributed by atoms with Crippen LogP contribution >= 0.6 is 27.3 Å². The zero-order chi connectivity index (χ0) is 11.8. The number of aromatic amines is 2. The minimum absolute atomic E-state index is 0.165. The van der Waals surface area contributed by atoms with Crippen LogP contribution in [0.1, 0.15) is 9.67 Å². The highest BCUT2D eigenvalue weighted by Crippen LogP contribution is 2.29. The lowest BCUT2D eigenvalue weighted by Crippen LogP contribution is -2.09. The fourth-order valence-electron chi connectivity index (χ4n) is 1.41. The van der Waals surface area contributed by atoms with Gasteiger partial charge in [-0.25, -0.2) is 0 Å². The zero-order valence-corrected chi connectivity index (χ0v) is 10.7. The number of anilines is 1. The lowest BCUT2D eigenvalue weighted by atomic mass is 10.3. The van der Waals surface area contributed by atoms with Crippen LogP contribution in [0.15, 0.2) is 23.1 Å². The van der Waals surface area contributed by atoms with E-state index in [1.807, 2.05) is 0 Å². The molecule has 0 aliphatic carbocycles. The number of H-pyrrole nitrogens is 2. The first-order valence-electron chi connectivity index (χ1n) is 4.67. The van der Waals surface area contributed by atoms with E-state index in [-0.39, 0.29) is 5.91 Å². The summed E-state index contributed by atoms with van der Waals surface area (Å²) in [5, 5.41) is 16.9. The summed E-state index contributed by atoms with van der Waals surface area (Å²) in [6.45, 7) is 0. The van der Waals surface area contributed by atoms with Crippen molar-refractivity contribution in [2.45, 2.75) is 0 Å². The first kappa shape index (κ1) is 10.5. The third-order valence-corrected chi connectivity index (χ3v) is 3.82. The smallest absolute Gasteiger partial charge is 0.265 e. The van der Waals surface area contributed by atoms with Gasteiger partial charge in [0.2, 0.25) is 0 Å². The van der Waals surface area contributed by atoms with Gasteiger partial charge in [0.1, 0.15) is 9.43 Å². The molecule has 0 aliphatic rings. The van der Waals surface area contributed by atoms with Gasteiger partial charge in [0.05, 0.1) is 16.8 Å². The standard InChI is InChI=1S/C9H6BrN5OS/c10-7-5-1-6(17-9(5)15-14-7)8(16)13-4-2-11-12-3-4/h1-3H,(H,11,12)(H,13,16)(H,14,15). The molecule has 0 radical (unpaired) electrons. The van der Waals surface area contributed by atoms with E-state index in [1.165, 1.54) is 11.3 Å². The summed E-state index contributed by atoms with van der Waals surface area (Å²) in [5.74, 6) is -0.165. The van der Waals surface area contributed by atoms with Crippen molar-refractivity contribution in [1.29, 1.82) is 0 Å². The maximum absolute atomic E-state index is 11.9. The Kier molecular flexibility index (Phi) is 2.45. The molecule has 0 saturated carbocycles. The van der Waals surface area contributed by atoms with E-state index in [0.717, 1.165) is 14.8 Å². The molecule has 1 amide bonds. The van der Waals surface area contributed by atoms with Gasteiger partial charge in [-0.1, -0.05) is 0 Å². The normalized spacial score (nSPS) is 10.9. The van der Waals surface area contributed by atoms with Crippen molar-refractivity contribution in [1.82, 2.24) is 20.4 Å². The summed E-state index contributed by atoms with van der Waals surface area (Å²) in [6, 6.07) is 1.79. The molecular weight excluding hydrogens is 306 g/mol. The second-order valence-corrected chi connectivity index (χ2v) is 5.13. The van der Waals surface area contributed by atoms with Crippen LogP contribution in [0.2, 0.25) is 0 Å². The molecule has 0 spiro atoms. The third-order valence-electron chi connectivity index (χ3n) is 2.18. The number of amides is 1. The van der Waals surface area contributed by atoms with Crippen molar-refractivity contribution >= 4 is 49.1 Å². The summed E-state index contributed by atoms with van der Waals surface area (Å²) in [4.78, 5) is 13.3. The topological polar surface area (TPSA) is 86.5 Å². The lowest BCUT2D eigenvalue weighted by molar-refractivity contribution is 0.103.